The van der Waals surface area contributed by atoms with Crippen LogP contribution in [0.2, 0.25) is 0 Å². The quantitative estimate of drug-likeness (QED) is 0.523. The van der Waals surface area contributed by atoms with Crippen LogP contribution in [0.15, 0.2) is 39.6 Å². The number of aromatic nitrogens is 2. The molecule has 1 fully saturated rings. The van der Waals surface area contributed by atoms with Crippen molar-refractivity contribution in [3.8, 4) is 11.5 Å². The molecule has 3 aromatic rings. The average molecular weight is 487 g/mol. The van der Waals surface area contributed by atoms with E-state index in [1.165, 1.54) is 0 Å². The monoisotopic (exact) mass is 486 g/mol. The molecule has 0 radical (unpaired) electrons. The number of amides is 1. The summed E-state index contributed by atoms with van der Waals surface area (Å²) in [7, 11) is 0. The maximum absolute atomic E-state index is 12.8. The Kier molecular flexibility index (Phi) is 5.45. The smallest absolute Gasteiger partial charge is 0.323 e. The van der Waals surface area contributed by atoms with Crippen molar-refractivity contribution in [1.29, 1.82) is 0 Å². The first-order valence-corrected chi connectivity index (χ1v) is 11.2. The largest absolute Gasteiger partial charge is 0.490 e. The minimum Gasteiger partial charge on any atom is -0.490 e. The van der Waals surface area contributed by atoms with Crippen LogP contribution in [-0.4, -0.2) is 47.1 Å². The number of imidazole rings is 1. The predicted octanol–water partition coefficient (Wildman–Crippen LogP) is 3.56. The number of hydrogen-bond acceptors (Lipinski definition) is 5. The van der Waals surface area contributed by atoms with E-state index < -0.39 is 0 Å². The molecule has 1 saturated heterocycles. The summed E-state index contributed by atoms with van der Waals surface area (Å²) < 4.78 is 12.3. The van der Waals surface area contributed by atoms with Gasteiger partial charge in [0, 0.05) is 16.9 Å². The molecule has 1 unspecified atom stereocenters. The number of benzene rings is 2. The Morgan fingerprint density at radius 2 is 1.87 bits per heavy atom. The summed E-state index contributed by atoms with van der Waals surface area (Å²) in [5.74, 6) is 1.47. The van der Waals surface area contributed by atoms with Crippen LogP contribution < -0.4 is 20.5 Å². The Balaban J connectivity index is 1.30. The van der Waals surface area contributed by atoms with Gasteiger partial charge in [0.15, 0.2) is 11.5 Å². The minimum absolute atomic E-state index is 0.0980. The van der Waals surface area contributed by atoms with E-state index in [0.717, 1.165) is 42.9 Å². The van der Waals surface area contributed by atoms with Crippen molar-refractivity contribution in [2.75, 3.05) is 31.6 Å². The number of H-pyrrole nitrogens is 2. The van der Waals surface area contributed by atoms with Crippen molar-refractivity contribution in [2.45, 2.75) is 25.3 Å². The fraction of sp³-hybridized carbons (Fsp3) is 0.364. The maximum atomic E-state index is 12.8. The molecule has 0 saturated carbocycles. The van der Waals surface area contributed by atoms with E-state index in [1.807, 2.05) is 12.1 Å². The summed E-state index contributed by atoms with van der Waals surface area (Å²) in [5.41, 5.74) is 2.82. The van der Waals surface area contributed by atoms with Crippen LogP contribution >= 0.6 is 15.9 Å². The zero-order valence-electron chi connectivity index (χ0n) is 16.9. The molecular formula is C22H23BrN4O4. The highest BCUT2D eigenvalue weighted by atomic mass is 79.9. The summed E-state index contributed by atoms with van der Waals surface area (Å²) in [6.07, 6.45) is 2.90. The number of halogens is 1. The third-order valence-electron chi connectivity index (χ3n) is 5.74. The number of carbonyl (C=O) groups excluding carboxylic acids is 1. The van der Waals surface area contributed by atoms with E-state index in [2.05, 4.69) is 42.2 Å². The van der Waals surface area contributed by atoms with E-state index in [0.29, 0.717) is 34.4 Å². The second-order valence-corrected chi connectivity index (χ2v) is 8.74. The third-order valence-corrected chi connectivity index (χ3v) is 6.40. The van der Waals surface area contributed by atoms with Gasteiger partial charge in [0.05, 0.1) is 36.5 Å². The van der Waals surface area contributed by atoms with Gasteiger partial charge < -0.3 is 24.8 Å². The molecule has 5 rings (SSSR count). The van der Waals surface area contributed by atoms with Crippen molar-refractivity contribution >= 4 is 38.6 Å². The first-order valence-electron chi connectivity index (χ1n) is 10.4. The molecule has 1 atom stereocenters. The minimum atomic E-state index is -0.277. The summed E-state index contributed by atoms with van der Waals surface area (Å²) in [5, 5.41) is 2.96. The lowest BCUT2D eigenvalue weighted by molar-refractivity contribution is -0.117. The molecule has 1 aromatic heterocycles. The first-order chi connectivity index (χ1) is 15.1. The number of likely N-dealkylation sites (tertiary alicyclic amines) is 1. The SMILES string of the molecule is O=C(CN1CCCC1c1ccc2c(c1)OCCCO2)Nc1cc2[nH]c(=O)[nH]c2cc1Br. The number of aromatic amines is 2. The number of nitrogens with one attached hydrogen (secondary N) is 3. The number of ether oxygens (including phenoxy) is 2. The lowest BCUT2D eigenvalue weighted by atomic mass is 10.0. The third kappa shape index (κ3) is 4.20. The van der Waals surface area contributed by atoms with Gasteiger partial charge in [-0.05, 0) is 65.1 Å². The average Bonchev–Trinajstić information content (AvgIpc) is 3.25. The highest BCUT2D eigenvalue weighted by molar-refractivity contribution is 9.10. The molecule has 9 heteroatoms. The second kappa shape index (κ2) is 8.39. The van der Waals surface area contributed by atoms with Crippen LogP contribution in [0.3, 0.4) is 0 Å². The molecule has 31 heavy (non-hydrogen) atoms. The van der Waals surface area contributed by atoms with Gasteiger partial charge in [-0.2, -0.15) is 0 Å². The summed E-state index contributed by atoms with van der Waals surface area (Å²) in [4.78, 5) is 31.9. The van der Waals surface area contributed by atoms with Crippen LogP contribution in [-0.2, 0) is 4.79 Å². The Morgan fingerprint density at radius 3 is 2.71 bits per heavy atom. The van der Waals surface area contributed by atoms with Crippen LogP contribution in [0.4, 0.5) is 5.69 Å². The number of carbonyl (C=O) groups is 1. The zero-order chi connectivity index (χ0) is 21.4. The fourth-order valence-electron chi connectivity index (χ4n) is 4.31. The van der Waals surface area contributed by atoms with Gasteiger partial charge in [0.2, 0.25) is 5.91 Å². The highest BCUT2D eigenvalue weighted by Crippen LogP contribution is 2.38. The Labute approximate surface area is 187 Å². The van der Waals surface area contributed by atoms with Crippen LogP contribution in [0.1, 0.15) is 30.9 Å². The standard InChI is InChI=1S/C22H23BrN4O4/c23-14-10-16-17(26-22(29)25-16)11-15(14)24-21(28)12-27-6-1-3-18(27)13-4-5-19-20(9-13)31-8-2-7-30-19/h4-5,9-11,18H,1-3,6-8,12H2,(H,24,28)(H2,25,26,29). The van der Waals surface area contributed by atoms with E-state index >= 15 is 0 Å². The lowest BCUT2D eigenvalue weighted by Crippen LogP contribution is -2.33. The van der Waals surface area contributed by atoms with Crippen molar-refractivity contribution in [3.05, 3.63) is 50.9 Å². The summed E-state index contributed by atoms with van der Waals surface area (Å²) in [6.45, 7) is 2.46. The Morgan fingerprint density at radius 1 is 1.10 bits per heavy atom. The Bertz CT molecular complexity index is 1190. The molecule has 0 bridgehead atoms. The van der Waals surface area contributed by atoms with Crippen molar-refractivity contribution in [3.63, 3.8) is 0 Å². The molecule has 3 heterocycles. The van der Waals surface area contributed by atoms with Crippen molar-refractivity contribution in [1.82, 2.24) is 14.9 Å². The molecule has 0 aliphatic carbocycles. The molecule has 8 nitrogen and oxygen atoms in total. The number of anilines is 1. The molecule has 2 aromatic carbocycles. The molecule has 3 N–H and O–H groups in total. The summed E-state index contributed by atoms with van der Waals surface area (Å²) in [6, 6.07) is 9.78. The van der Waals surface area contributed by atoms with Gasteiger partial charge in [-0.3, -0.25) is 9.69 Å². The van der Waals surface area contributed by atoms with E-state index in [-0.39, 0.29) is 24.2 Å². The Hall–Kier alpha value is -2.78. The van der Waals surface area contributed by atoms with E-state index in [1.54, 1.807) is 12.1 Å². The molecule has 1 amide bonds. The van der Waals surface area contributed by atoms with Gasteiger partial charge in [-0.15, -0.1) is 0 Å². The lowest BCUT2D eigenvalue weighted by Gasteiger charge is -2.25. The number of hydrogen-bond donors (Lipinski definition) is 3. The molecule has 162 valence electrons. The maximum Gasteiger partial charge on any atom is 0.323 e. The molecular weight excluding hydrogens is 464 g/mol. The van der Waals surface area contributed by atoms with Gasteiger partial charge >= 0.3 is 5.69 Å². The van der Waals surface area contributed by atoms with Crippen LogP contribution in [0.25, 0.3) is 11.0 Å². The first kappa shape index (κ1) is 20.1. The second-order valence-electron chi connectivity index (χ2n) is 7.89. The fourth-order valence-corrected chi connectivity index (χ4v) is 4.75. The van der Waals surface area contributed by atoms with Gasteiger partial charge in [0.25, 0.3) is 0 Å². The van der Waals surface area contributed by atoms with Crippen LogP contribution in [0, 0.1) is 0 Å². The predicted molar refractivity (Wildman–Crippen MR) is 121 cm³/mol. The number of rotatable bonds is 4. The summed E-state index contributed by atoms with van der Waals surface area (Å²) >= 11 is 3.47. The van der Waals surface area contributed by atoms with Gasteiger partial charge in [0.1, 0.15) is 0 Å². The van der Waals surface area contributed by atoms with Gasteiger partial charge in [-0.1, -0.05) is 6.07 Å². The highest BCUT2D eigenvalue weighted by Gasteiger charge is 2.29. The molecule has 2 aliphatic heterocycles. The zero-order valence-corrected chi connectivity index (χ0v) is 18.5. The van der Waals surface area contributed by atoms with E-state index in [9.17, 15) is 9.59 Å². The molecule has 0 spiro atoms. The number of nitrogens with zero attached hydrogens (tertiary/aromatic N) is 1. The normalized spacial score (nSPS) is 18.8. The van der Waals surface area contributed by atoms with E-state index in [4.69, 9.17) is 9.47 Å². The van der Waals surface area contributed by atoms with Crippen molar-refractivity contribution < 1.29 is 14.3 Å². The number of fused-ring (bicyclic) bond motifs is 2. The van der Waals surface area contributed by atoms with Crippen molar-refractivity contribution in [2.24, 2.45) is 0 Å². The topological polar surface area (TPSA) is 99.4 Å². The van der Waals surface area contributed by atoms with Crippen LogP contribution in [0.5, 0.6) is 11.5 Å². The molecule has 2 aliphatic rings. The van der Waals surface area contributed by atoms with Gasteiger partial charge in [-0.25, -0.2) is 4.79 Å².